The molecule has 0 saturated carbocycles. The number of hydrogen-bond donors (Lipinski definition) is 1. The number of nitrogens with one attached hydrogen (secondary N) is 1. The van der Waals surface area contributed by atoms with E-state index in [4.69, 9.17) is 16.3 Å². The predicted octanol–water partition coefficient (Wildman–Crippen LogP) is 0.111. The van der Waals surface area contributed by atoms with Crippen LogP contribution in [0.15, 0.2) is 0 Å². The third kappa shape index (κ3) is 8.37. The molecule has 0 bridgehead atoms. The van der Waals surface area contributed by atoms with Crippen molar-refractivity contribution in [3.8, 4) is 0 Å². The zero-order valence-corrected chi connectivity index (χ0v) is 11.7. The zero-order valence-electron chi connectivity index (χ0n) is 10.1. The zero-order chi connectivity index (χ0) is 13.5. The normalized spacial score (nSPS) is 13.7. The van der Waals surface area contributed by atoms with E-state index in [2.05, 4.69) is 9.46 Å². The second-order valence-corrected chi connectivity index (χ2v) is 6.03. The van der Waals surface area contributed by atoms with Gasteiger partial charge in [0.1, 0.15) is 5.38 Å². The maximum Gasteiger partial charge on any atom is 0.325 e. The molecule has 0 spiro atoms. The van der Waals surface area contributed by atoms with E-state index in [9.17, 15) is 13.2 Å². The van der Waals surface area contributed by atoms with Crippen LogP contribution in [0.3, 0.4) is 0 Å². The summed E-state index contributed by atoms with van der Waals surface area (Å²) in [6, 6.07) is 0. The number of sulfonamides is 1. The number of rotatable bonds is 8. The molecule has 0 aromatic carbocycles. The van der Waals surface area contributed by atoms with Gasteiger partial charge in [-0.3, -0.25) is 4.79 Å². The van der Waals surface area contributed by atoms with Gasteiger partial charge in [0, 0.05) is 6.54 Å². The Labute approximate surface area is 107 Å². The first-order valence-electron chi connectivity index (χ1n) is 5.09. The first kappa shape index (κ1) is 16.6. The summed E-state index contributed by atoms with van der Waals surface area (Å²) in [7, 11) is -2.30. The van der Waals surface area contributed by atoms with Crippen LogP contribution in [0.25, 0.3) is 0 Å². The number of methoxy groups -OCH3 is 1. The Morgan fingerprint density at radius 3 is 2.47 bits per heavy atom. The Balaban J connectivity index is 3.97. The van der Waals surface area contributed by atoms with Gasteiger partial charge in [0.25, 0.3) is 0 Å². The topological polar surface area (TPSA) is 81.7 Å². The second kappa shape index (κ2) is 7.86. The third-order valence-electron chi connectivity index (χ3n) is 1.74. The molecule has 1 atom stereocenters. The van der Waals surface area contributed by atoms with E-state index in [0.29, 0.717) is 0 Å². The van der Waals surface area contributed by atoms with Gasteiger partial charge in [-0.15, -0.1) is 11.6 Å². The van der Waals surface area contributed by atoms with Gasteiger partial charge < -0.3 is 9.47 Å². The number of carbonyl (C=O) groups excluding carboxylic acids is 1. The Hall–Kier alpha value is -0.370. The minimum absolute atomic E-state index is 0.0268. The van der Waals surface area contributed by atoms with Crippen LogP contribution in [0.1, 0.15) is 13.8 Å². The van der Waals surface area contributed by atoms with Crippen molar-refractivity contribution in [2.24, 2.45) is 0 Å². The number of alkyl halides is 1. The molecule has 0 aliphatic heterocycles. The summed E-state index contributed by atoms with van der Waals surface area (Å²) >= 11 is 5.59. The summed E-state index contributed by atoms with van der Waals surface area (Å²) in [4.78, 5) is 10.9. The molecule has 0 saturated heterocycles. The Kier molecular flexibility index (Phi) is 7.69. The van der Waals surface area contributed by atoms with Crippen molar-refractivity contribution in [3.63, 3.8) is 0 Å². The highest BCUT2D eigenvalue weighted by atomic mass is 35.5. The Morgan fingerprint density at radius 1 is 1.41 bits per heavy atom. The molecular formula is C9H18ClNO5S. The van der Waals surface area contributed by atoms with Crippen molar-refractivity contribution < 1.29 is 22.7 Å². The first-order chi connectivity index (χ1) is 7.78. The van der Waals surface area contributed by atoms with Crippen LogP contribution in [-0.4, -0.2) is 51.9 Å². The average Bonchev–Trinajstić information content (AvgIpc) is 2.24. The standard InChI is InChI=1S/C9H18ClNO5S/c1-7(2)16-4-5-17(13,14)11-6-8(10)9(12)15-3/h7-8,11H,4-6H2,1-3H3. The fourth-order valence-corrected chi connectivity index (χ4v) is 2.02. The minimum atomic E-state index is -3.48. The highest BCUT2D eigenvalue weighted by Gasteiger charge is 2.19. The maximum absolute atomic E-state index is 11.4. The Morgan fingerprint density at radius 2 is 2.00 bits per heavy atom. The van der Waals surface area contributed by atoms with E-state index < -0.39 is 21.4 Å². The summed E-state index contributed by atoms with van der Waals surface area (Å²) in [6.07, 6.45) is -0.0268. The highest BCUT2D eigenvalue weighted by Crippen LogP contribution is 1.98. The lowest BCUT2D eigenvalue weighted by Crippen LogP contribution is -2.36. The van der Waals surface area contributed by atoms with E-state index in [0.717, 1.165) is 0 Å². The van der Waals surface area contributed by atoms with Crippen LogP contribution < -0.4 is 4.72 Å². The molecule has 102 valence electrons. The largest absolute Gasteiger partial charge is 0.468 e. The molecule has 0 aromatic rings. The molecule has 0 radical (unpaired) electrons. The summed E-state index contributed by atoms with van der Waals surface area (Å²) in [5.74, 6) is -0.844. The van der Waals surface area contributed by atoms with Gasteiger partial charge in [-0.2, -0.15) is 0 Å². The molecule has 0 fully saturated rings. The number of halogens is 1. The van der Waals surface area contributed by atoms with Gasteiger partial charge in [-0.25, -0.2) is 13.1 Å². The molecule has 1 N–H and O–H groups in total. The molecule has 0 aliphatic carbocycles. The van der Waals surface area contributed by atoms with Gasteiger partial charge in [0.2, 0.25) is 10.0 Å². The summed E-state index contributed by atoms with van der Waals surface area (Å²) in [6.45, 7) is 3.52. The third-order valence-corrected chi connectivity index (χ3v) is 3.39. The van der Waals surface area contributed by atoms with Crippen LogP contribution in [0.4, 0.5) is 0 Å². The molecule has 0 heterocycles. The van der Waals surface area contributed by atoms with Crippen LogP contribution in [-0.2, 0) is 24.3 Å². The molecule has 1 unspecified atom stereocenters. The van der Waals surface area contributed by atoms with Crippen LogP contribution in [0.2, 0.25) is 0 Å². The summed E-state index contributed by atoms with van der Waals surface area (Å²) in [5.41, 5.74) is 0. The van der Waals surface area contributed by atoms with E-state index in [1.807, 2.05) is 13.8 Å². The molecule has 17 heavy (non-hydrogen) atoms. The molecule has 0 rings (SSSR count). The van der Waals surface area contributed by atoms with E-state index in [1.54, 1.807) is 0 Å². The molecule has 0 aromatic heterocycles. The van der Waals surface area contributed by atoms with Gasteiger partial charge in [-0.05, 0) is 13.8 Å². The van der Waals surface area contributed by atoms with Gasteiger partial charge in [0.05, 0.1) is 25.6 Å². The quantitative estimate of drug-likeness (QED) is 0.506. The summed E-state index contributed by atoms with van der Waals surface area (Å²) < 4.78 is 34.5. The van der Waals surface area contributed by atoms with E-state index in [-0.39, 0.29) is 25.0 Å². The van der Waals surface area contributed by atoms with Crippen molar-refractivity contribution in [3.05, 3.63) is 0 Å². The van der Waals surface area contributed by atoms with Crippen molar-refractivity contribution in [1.29, 1.82) is 0 Å². The first-order valence-corrected chi connectivity index (χ1v) is 7.18. The van der Waals surface area contributed by atoms with Crippen molar-refractivity contribution in [2.45, 2.75) is 25.3 Å². The highest BCUT2D eigenvalue weighted by molar-refractivity contribution is 7.89. The van der Waals surface area contributed by atoms with E-state index in [1.165, 1.54) is 7.11 Å². The Bertz CT molecular complexity index is 330. The van der Waals surface area contributed by atoms with Crippen molar-refractivity contribution in [2.75, 3.05) is 26.0 Å². The van der Waals surface area contributed by atoms with Crippen LogP contribution in [0.5, 0.6) is 0 Å². The lowest BCUT2D eigenvalue weighted by atomic mass is 10.4. The monoisotopic (exact) mass is 287 g/mol. The smallest absolute Gasteiger partial charge is 0.325 e. The summed E-state index contributed by atoms with van der Waals surface area (Å²) in [5, 5.41) is -1.03. The van der Waals surface area contributed by atoms with Crippen molar-refractivity contribution >= 4 is 27.6 Å². The number of carbonyl (C=O) groups is 1. The minimum Gasteiger partial charge on any atom is -0.468 e. The van der Waals surface area contributed by atoms with Crippen LogP contribution in [0, 0.1) is 0 Å². The molecule has 8 heteroatoms. The molecule has 0 aliphatic rings. The fraction of sp³-hybridized carbons (Fsp3) is 0.889. The molecular weight excluding hydrogens is 270 g/mol. The lowest BCUT2D eigenvalue weighted by Gasteiger charge is -2.11. The fourth-order valence-electron chi connectivity index (χ4n) is 0.877. The molecule has 0 amide bonds. The predicted molar refractivity (Wildman–Crippen MR) is 64.5 cm³/mol. The maximum atomic E-state index is 11.4. The van der Waals surface area contributed by atoms with Gasteiger partial charge >= 0.3 is 5.97 Å². The van der Waals surface area contributed by atoms with Crippen LogP contribution >= 0.6 is 11.6 Å². The SMILES string of the molecule is COC(=O)C(Cl)CNS(=O)(=O)CCOC(C)C. The number of esters is 1. The number of ether oxygens (including phenoxy) is 2. The van der Waals surface area contributed by atoms with Gasteiger partial charge in [-0.1, -0.05) is 0 Å². The second-order valence-electron chi connectivity index (χ2n) is 3.58. The number of hydrogen-bond acceptors (Lipinski definition) is 5. The lowest BCUT2D eigenvalue weighted by molar-refractivity contribution is -0.140. The van der Waals surface area contributed by atoms with E-state index >= 15 is 0 Å². The van der Waals surface area contributed by atoms with Crippen molar-refractivity contribution in [1.82, 2.24) is 4.72 Å². The molecule has 6 nitrogen and oxygen atoms in total. The van der Waals surface area contributed by atoms with Gasteiger partial charge in [0.15, 0.2) is 0 Å². The average molecular weight is 288 g/mol.